The summed E-state index contributed by atoms with van der Waals surface area (Å²) in [5, 5.41) is 11.0. The van der Waals surface area contributed by atoms with Gasteiger partial charge >= 0.3 is 0 Å². The number of thiophene rings is 1. The molecule has 0 aliphatic carbocycles. The molecule has 1 aromatic rings. The molecule has 136 valence electrons. The first-order chi connectivity index (χ1) is 12.2. The van der Waals surface area contributed by atoms with Crippen molar-refractivity contribution < 1.29 is 19.4 Å². The maximum atomic E-state index is 12.8. The van der Waals surface area contributed by atoms with Crippen molar-refractivity contribution in [3.8, 4) is 0 Å². The van der Waals surface area contributed by atoms with Gasteiger partial charge in [0.15, 0.2) is 0 Å². The molecule has 6 nitrogen and oxygen atoms in total. The Morgan fingerprint density at radius 2 is 2.00 bits per heavy atom. The smallest absolute Gasteiger partial charge is 0.268 e. The molecule has 2 aliphatic rings. The van der Waals surface area contributed by atoms with Crippen molar-refractivity contribution in [3.63, 3.8) is 0 Å². The Labute approximate surface area is 155 Å². The van der Waals surface area contributed by atoms with Gasteiger partial charge in [0.25, 0.3) is 11.8 Å². The first-order valence-corrected chi connectivity index (χ1v) is 10.3. The fourth-order valence-corrected chi connectivity index (χ4v) is 4.66. The van der Waals surface area contributed by atoms with Gasteiger partial charge in [-0.3, -0.25) is 19.4 Å². The number of hydrogen-bond acceptors (Lipinski definition) is 7. The van der Waals surface area contributed by atoms with Crippen LogP contribution < -0.4 is 0 Å². The lowest BCUT2D eigenvalue weighted by Gasteiger charge is -2.27. The molecule has 1 N–H and O–H groups in total. The van der Waals surface area contributed by atoms with Crippen LogP contribution in [0.3, 0.4) is 0 Å². The van der Waals surface area contributed by atoms with Crippen LogP contribution in [0.1, 0.15) is 11.3 Å². The quantitative estimate of drug-likeness (QED) is 0.683. The van der Waals surface area contributed by atoms with E-state index in [2.05, 4.69) is 4.90 Å². The summed E-state index contributed by atoms with van der Waals surface area (Å²) in [7, 11) is 0. The van der Waals surface area contributed by atoms with Crippen LogP contribution in [0, 0.1) is 0 Å². The van der Waals surface area contributed by atoms with E-state index in [1.54, 1.807) is 0 Å². The standard InChI is InChI=1S/C17H22N2O4S2/c20-8-12-25-15-14(13-3-1-11-24-13)16(21)19(17(15)22)5-2-4-18-6-9-23-10-7-18/h1,3,11,20H,2,4-10,12H2. The summed E-state index contributed by atoms with van der Waals surface area (Å²) >= 11 is 2.72. The number of imide groups is 1. The van der Waals surface area contributed by atoms with Crippen LogP contribution in [-0.4, -0.2) is 78.5 Å². The third-order valence-electron chi connectivity index (χ3n) is 4.19. The van der Waals surface area contributed by atoms with Gasteiger partial charge < -0.3 is 9.84 Å². The van der Waals surface area contributed by atoms with E-state index in [1.165, 1.54) is 28.0 Å². The normalized spacial score (nSPS) is 19.3. The summed E-state index contributed by atoms with van der Waals surface area (Å²) in [5.74, 6) is -0.0334. The lowest BCUT2D eigenvalue weighted by atomic mass is 10.2. The van der Waals surface area contributed by atoms with Gasteiger partial charge in [0.05, 0.1) is 30.3 Å². The summed E-state index contributed by atoms with van der Waals surface area (Å²) < 4.78 is 5.33. The highest BCUT2D eigenvalue weighted by Crippen LogP contribution is 2.37. The lowest BCUT2D eigenvalue weighted by Crippen LogP contribution is -2.39. The fraction of sp³-hybridized carbons (Fsp3) is 0.529. The Balaban J connectivity index is 1.66. The molecule has 0 spiro atoms. The number of ether oxygens (including phenoxy) is 1. The molecule has 0 saturated carbocycles. The van der Waals surface area contributed by atoms with Crippen LogP contribution in [0.15, 0.2) is 22.4 Å². The Morgan fingerprint density at radius 3 is 2.68 bits per heavy atom. The molecule has 0 radical (unpaired) electrons. The van der Waals surface area contributed by atoms with Crippen LogP contribution in [-0.2, 0) is 14.3 Å². The molecule has 1 fully saturated rings. The SMILES string of the molecule is O=C1C(SCCO)=C(c2cccs2)C(=O)N1CCCN1CCOCC1. The largest absolute Gasteiger partial charge is 0.396 e. The van der Waals surface area contributed by atoms with E-state index >= 15 is 0 Å². The number of morpholine rings is 1. The monoisotopic (exact) mass is 382 g/mol. The average molecular weight is 383 g/mol. The average Bonchev–Trinajstić information content (AvgIpc) is 3.23. The zero-order valence-corrected chi connectivity index (χ0v) is 15.6. The highest BCUT2D eigenvalue weighted by molar-refractivity contribution is 8.04. The number of amides is 2. The van der Waals surface area contributed by atoms with E-state index in [9.17, 15) is 9.59 Å². The Bertz CT molecular complexity index is 639. The van der Waals surface area contributed by atoms with E-state index in [0.29, 0.717) is 22.8 Å². The summed E-state index contributed by atoms with van der Waals surface area (Å²) in [5.41, 5.74) is 0.491. The number of carbonyl (C=O) groups is 2. The summed E-state index contributed by atoms with van der Waals surface area (Å²) in [6.07, 6.45) is 0.757. The predicted octanol–water partition coefficient (Wildman–Crippen LogP) is 1.28. The molecule has 0 aromatic carbocycles. The molecule has 8 heteroatoms. The van der Waals surface area contributed by atoms with E-state index < -0.39 is 0 Å². The van der Waals surface area contributed by atoms with Crippen molar-refractivity contribution in [1.29, 1.82) is 0 Å². The Kier molecular flexibility index (Phi) is 6.66. The van der Waals surface area contributed by atoms with Gasteiger partial charge in [-0.15, -0.1) is 23.1 Å². The molecule has 3 heterocycles. The van der Waals surface area contributed by atoms with Crippen molar-refractivity contribution in [2.75, 3.05) is 51.8 Å². The number of hydrogen-bond donors (Lipinski definition) is 1. The van der Waals surface area contributed by atoms with Gasteiger partial charge in [0.2, 0.25) is 0 Å². The molecule has 3 rings (SSSR count). The third kappa shape index (κ3) is 4.32. The Hall–Kier alpha value is -1.19. The second-order valence-electron chi connectivity index (χ2n) is 5.82. The number of aliphatic hydroxyl groups excluding tert-OH is 1. The maximum Gasteiger partial charge on any atom is 0.268 e. The number of thioether (sulfide) groups is 1. The van der Waals surface area contributed by atoms with Crippen LogP contribution >= 0.6 is 23.1 Å². The van der Waals surface area contributed by atoms with E-state index in [4.69, 9.17) is 9.84 Å². The van der Waals surface area contributed by atoms with Crippen molar-refractivity contribution >= 4 is 40.5 Å². The second-order valence-corrected chi connectivity index (χ2v) is 7.88. The van der Waals surface area contributed by atoms with Crippen molar-refractivity contribution in [2.45, 2.75) is 6.42 Å². The van der Waals surface area contributed by atoms with E-state index in [-0.39, 0.29) is 18.4 Å². The molecule has 2 aliphatic heterocycles. The van der Waals surface area contributed by atoms with E-state index in [1.807, 2.05) is 17.5 Å². The number of nitrogens with zero attached hydrogens (tertiary/aromatic N) is 2. The minimum absolute atomic E-state index is 0.0234. The summed E-state index contributed by atoms with van der Waals surface area (Å²) in [4.78, 5) is 30.5. The van der Waals surface area contributed by atoms with Crippen molar-refractivity contribution in [2.24, 2.45) is 0 Å². The topological polar surface area (TPSA) is 70.1 Å². The number of aliphatic hydroxyl groups is 1. The molecular weight excluding hydrogens is 360 g/mol. The number of rotatable bonds is 8. The number of carbonyl (C=O) groups excluding carboxylic acids is 2. The van der Waals surface area contributed by atoms with Crippen LogP contribution in [0.4, 0.5) is 0 Å². The van der Waals surface area contributed by atoms with Gasteiger partial charge in [-0.1, -0.05) is 6.07 Å². The molecular formula is C17H22N2O4S2. The first kappa shape index (κ1) is 18.6. The van der Waals surface area contributed by atoms with Gasteiger partial charge in [-0.05, 0) is 17.9 Å². The Morgan fingerprint density at radius 1 is 1.20 bits per heavy atom. The minimum Gasteiger partial charge on any atom is -0.396 e. The van der Waals surface area contributed by atoms with Gasteiger partial charge in [0.1, 0.15) is 0 Å². The van der Waals surface area contributed by atoms with Gasteiger partial charge in [-0.2, -0.15) is 0 Å². The highest BCUT2D eigenvalue weighted by Gasteiger charge is 2.39. The van der Waals surface area contributed by atoms with Gasteiger partial charge in [0, 0.05) is 36.8 Å². The summed E-state index contributed by atoms with van der Waals surface area (Å²) in [6.45, 7) is 4.54. The molecule has 2 amide bonds. The van der Waals surface area contributed by atoms with E-state index in [0.717, 1.165) is 44.1 Å². The maximum absolute atomic E-state index is 12.8. The zero-order valence-electron chi connectivity index (χ0n) is 14.0. The minimum atomic E-state index is -0.228. The molecule has 0 atom stereocenters. The first-order valence-electron chi connectivity index (χ1n) is 8.40. The fourth-order valence-electron chi connectivity index (χ4n) is 2.95. The van der Waals surface area contributed by atoms with Crippen LogP contribution in [0.2, 0.25) is 0 Å². The second kappa shape index (κ2) is 8.95. The predicted molar refractivity (Wildman–Crippen MR) is 99.4 cm³/mol. The molecule has 1 aromatic heterocycles. The molecule has 0 bridgehead atoms. The molecule has 1 saturated heterocycles. The molecule has 0 unspecified atom stereocenters. The van der Waals surface area contributed by atoms with Crippen molar-refractivity contribution in [1.82, 2.24) is 9.80 Å². The van der Waals surface area contributed by atoms with Gasteiger partial charge in [-0.25, -0.2) is 0 Å². The summed E-state index contributed by atoms with van der Waals surface area (Å²) in [6, 6.07) is 3.74. The molecule has 25 heavy (non-hydrogen) atoms. The third-order valence-corrected chi connectivity index (χ3v) is 6.13. The highest BCUT2D eigenvalue weighted by atomic mass is 32.2. The van der Waals surface area contributed by atoms with Crippen LogP contribution in [0.5, 0.6) is 0 Å². The van der Waals surface area contributed by atoms with Crippen molar-refractivity contribution in [3.05, 3.63) is 27.3 Å². The lowest BCUT2D eigenvalue weighted by molar-refractivity contribution is -0.136. The van der Waals surface area contributed by atoms with Crippen LogP contribution in [0.25, 0.3) is 5.57 Å². The zero-order chi connectivity index (χ0) is 17.6.